The lowest BCUT2D eigenvalue weighted by Crippen LogP contribution is -2.69. The van der Waals surface area contributed by atoms with Crippen LogP contribution in [0.4, 0.5) is 0 Å². The Bertz CT molecular complexity index is 2390. The van der Waals surface area contributed by atoms with E-state index < -0.39 is 99.7 Å². The lowest BCUT2D eigenvalue weighted by atomic mass is 9.93. The maximum Gasteiger partial charge on any atom is 0.264 e. The van der Waals surface area contributed by atoms with Crippen LogP contribution in [0.2, 0.25) is 0 Å². The molecule has 0 N–H and O–H groups in total. The molecule has 4 aromatic carbocycles. The number of rotatable bonds is 16. The summed E-state index contributed by atoms with van der Waals surface area (Å²) in [5, 5.41) is 0. The highest BCUT2D eigenvalue weighted by molar-refractivity contribution is 7.86. The molecule has 4 aliphatic rings. The molecule has 0 spiro atoms. The maximum absolute atomic E-state index is 14.2. The van der Waals surface area contributed by atoms with Crippen LogP contribution in [0.15, 0.2) is 115 Å². The molecule has 3 saturated heterocycles. The monoisotopic (exact) mass is 909 g/mol. The zero-order valence-corrected chi connectivity index (χ0v) is 36.1. The highest BCUT2D eigenvalue weighted by Gasteiger charge is 2.59. The van der Waals surface area contributed by atoms with Gasteiger partial charge in [-0.1, -0.05) is 103 Å². The fourth-order valence-corrected chi connectivity index (χ4v) is 9.39. The van der Waals surface area contributed by atoms with Gasteiger partial charge in [0.25, 0.3) is 32.1 Å². The zero-order chi connectivity index (χ0) is 44.3. The number of fused-ring (bicyclic) bond motifs is 2. The molecule has 0 radical (unpaired) electrons. The van der Waals surface area contributed by atoms with Crippen molar-refractivity contribution in [2.45, 2.75) is 80.9 Å². The Hall–Kier alpha value is -4.48. The molecule has 0 aliphatic carbocycles. The van der Waals surface area contributed by atoms with Gasteiger partial charge in [-0.25, -0.2) is 0 Å². The Labute approximate surface area is 365 Å². The maximum atomic E-state index is 14.2. The number of hydrogen-bond acceptors (Lipinski definition) is 16. The standard InChI is InChI=1S/C44H47NO16S2/c1-52-43-34(45-40(46)30-21-13-14-22-31(30)41(45)47)37(54-24-28-17-9-5-10-18-28)35(32(56-43)25-53-23-27-15-7-4-8-16-27)59-44-39(61-63(3,50)51)38(60-62(2,48)49)36-33(57-44)26-55-42(58-36)29-19-11-6-12-20-29/h4-22,32-39,42-44H,23-26H2,1-3H3/t32-,33-,34-,35-,36+,37-,38+,39-,42?,43-,44+/m1/s1. The lowest BCUT2D eigenvalue weighted by Gasteiger charge is -2.51. The van der Waals surface area contributed by atoms with Crippen LogP contribution in [0.1, 0.15) is 43.7 Å². The number of benzene rings is 4. The van der Waals surface area contributed by atoms with Gasteiger partial charge < -0.3 is 37.9 Å². The molecule has 63 heavy (non-hydrogen) atoms. The third-order valence-electron chi connectivity index (χ3n) is 10.9. The Morgan fingerprint density at radius 3 is 1.78 bits per heavy atom. The van der Waals surface area contributed by atoms with E-state index in [1.54, 1.807) is 42.5 Å². The van der Waals surface area contributed by atoms with Crippen molar-refractivity contribution in [3.8, 4) is 0 Å². The Kier molecular flexibility index (Phi) is 13.8. The van der Waals surface area contributed by atoms with E-state index in [9.17, 15) is 26.4 Å². The molecule has 1 unspecified atom stereocenters. The van der Waals surface area contributed by atoms with Crippen molar-refractivity contribution in [3.05, 3.63) is 143 Å². The molecule has 11 atom stereocenters. The summed E-state index contributed by atoms with van der Waals surface area (Å²) in [7, 11) is -7.41. The molecular weight excluding hydrogens is 863 g/mol. The second-order valence-electron chi connectivity index (χ2n) is 15.4. The van der Waals surface area contributed by atoms with E-state index in [2.05, 4.69) is 0 Å². The highest BCUT2D eigenvalue weighted by atomic mass is 32.2. The first-order chi connectivity index (χ1) is 30.3. The Balaban J connectivity index is 1.20. The summed E-state index contributed by atoms with van der Waals surface area (Å²) in [5.74, 6) is -1.28. The van der Waals surface area contributed by atoms with Crippen molar-refractivity contribution < 1.29 is 72.7 Å². The van der Waals surface area contributed by atoms with Crippen LogP contribution in [0.5, 0.6) is 0 Å². The van der Waals surface area contributed by atoms with Gasteiger partial charge in [0.2, 0.25) is 0 Å². The van der Waals surface area contributed by atoms with Crippen molar-refractivity contribution >= 4 is 32.1 Å². The molecule has 3 fully saturated rings. The van der Waals surface area contributed by atoms with Crippen LogP contribution in [-0.2, 0) is 79.7 Å². The van der Waals surface area contributed by atoms with E-state index in [1.165, 1.54) is 19.2 Å². The number of imide groups is 1. The summed E-state index contributed by atoms with van der Waals surface area (Å²) in [6.07, 6.45) is -12.3. The fraction of sp³-hybridized carbons (Fsp3) is 0.409. The molecular formula is C44H47NO16S2. The average Bonchev–Trinajstić information content (AvgIpc) is 3.52. The van der Waals surface area contributed by atoms with Crippen LogP contribution >= 0.6 is 0 Å². The van der Waals surface area contributed by atoms with Gasteiger partial charge in [0.1, 0.15) is 42.7 Å². The third kappa shape index (κ3) is 10.4. The first-order valence-corrected chi connectivity index (χ1v) is 23.7. The van der Waals surface area contributed by atoms with Crippen LogP contribution in [0.3, 0.4) is 0 Å². The SMILES string of the molecule is CO[C@@H]1O[C@H](COCc2ccccc2)[C@@H](O[C@@H]2O[C@@H]3COC(c4ccccc4)O[C@@H]3[C@H](OS(C)(=O)=O)[C@H]2OS(C)(=O)=O)[C@H](OCc2ccccc2)[C@H]1N1C(=O)c2ccccc2C1=O. The summed E-state index contributed by atoms with van der Waals surface area (Å²) in [5.41, 5.74) is 2.46. The largest absolute Gasteiger partial charge is 0.374 e. The van der Waals surface area contributed by atoms with Crippen molar-refractivity contribution in [1.29, 1.82) is 0 Å². The van der Waals surface area contributed by atoms with E-state index in [0.29, 0.717) is 5.56 Å². The van der Waals surface area contributed by atoms with E-state index in [4.69, 9.17) is 46.3 Å². The first-order valence-electron chi connectivity index (χ1n) is 20.1. The van der Waals surface area contributed by atoms with Gasteiger partial charge in [-0.2, -0.15) is 16.8 Å². The van der Waals surface area contributed by atoms with Gasteiger partial charge in [-0.3, -0.25) is 22.9 Å². The van der Waals surface area contributed by atoms with Gasteiger partial charge in [-0.15, -0.1) is 0 Å². The van der Waals surface area contributed by atoms with Gasteiger partial charge in [0.15, 0.2) is 25.0 Å². The second kappa shape index (κ2) is 19.3. The minimum Gasteiger partial charge on any atom is -0.374 e. The molecule has 4 aromatic rings. The average molecular weight is 910 g/mol. The first kappa shape index (κ1) is 45.1. The number of nitrogens with zero attached hydrogens (tertiary/aromatic N) is 1. The lowest BCUT2D eigenvalue weighted by molar-refractivity contribution is -0.378. The molecule has 19 heteroatoms. The number of carbonyl (C=O) groups is 2. The molecule has 0 aromatic heterocycles. The smallest absolute Gasteiger partial charge is 0.264 e. The minimum absolute atomic E-state index is 0.0685. The molecule has 0 bridgehead atoms. The number of hydrogen-bond donors (Lipinski definition) is 0. The van der Waals surface area contributed by atoms with Crippen molar-refractivity contribution in [1.82, 2.24) is 4.90 Å². The Morgan fingerprint density at radius 2 is 1.19 bits per heavy atom. The molecule has 2 amide bonds. The summed E-state index contributed by atoms with van der Waals surface area (Å²) in [4.78, 5) is 29.5. The highest BCUT2D eigenvalue weighted by Crippen LogP contribution is 2.41. The Morgan fingerprint density at radius 1 is 0.635 bits per heavy atom. The molecule has 4 heterocycles. The summed E-state index contributed by atoms with van der Waals surface area (Å²) < 4.78 is 114. The van der Waals surface area contributed by atoms with E-state index >= 15 is 0 Å². The van der Waals surface area contributed by atoms with Crippen LogP contribution < -0.4 is 0 Å². The van der Waals surface area contributed by atoms with Crippen LogP contribution in [-0.4, -0.2) is 128 Å². The molecule has 17 nitrogen and oxygen atoms in total. The predicted molar refractivity (Wildman–Crippen MR) is 220 cm³/mol. The number of amides is 2. The summed E-state index contributed by atoms with van der Waals surface area (Å²) >= 11 is 0. The second-order valence-corrected chi connectivity index (χ2v) is 18.6. The molecule has 0 saturated carbocycles. The topological polar surface area (TPSA) is 198 Å². The van der Waals surface area contributed by atoms with E-state index in [1.807, 2.05) is 60.7 Å². The predicted octanol–water partition coefficient (Wildman–Crippen LogP) is 3.74. The number of ether oxygens (including phenoxy) is 8. The zero-order valence-electron chi connectivity index (χ0n) is 34.4. The van der Waals surface area contributed by atoms with Gasteiger partial charge in [0.05, 0.1) is 50.1 Å². The number of methoxy groups -OCH3 is 1. The fourth-order valence-electron chi connectivity index (χ4n) is 8.17. The molecule has 4 aliphatic heterocycles. The molecule has 336 valence electrons. The van der Waals surface area contributed by atoms with Crippen LogP contribution in [0, 0.1) is 0 Å². The third-order valence-corrected chi connectivity index (χ3v) is 12.0. The van der Waals surface area contributed by atoms with Gasteiger partial charge in [-0.05, 0) is 23.3 Å². The van der Waals surface area contributed by atoms with E-state index in [0.717, 1.165) is 28.5 Å². The quantitative estimate of drug-likeness (QED) is 0.116. The van der Waals surface area contributed by atoms with Crippen molar-refractivity contribution in [2.75, 3.05) is 32.8 Å². The van der Waals surface area contributed by atoms with Crippen molar-refractivity contribution in [3.63, 3.8) is 0 Å². The van der Waals surface area contributed by atoms with Gasteiger partial charge in [0, 0.05) is 12.7 Å². The van der Waals surface area contributed by atoms with Gasteiger partial charge >= 0.3 is 0 Å². The van der Waals surface area contributed by atoms with Crippen molar-refractivity contribution in [2.24, 2.45) is 0 Å². The van der Waals surface area contributed by atoms with Crippen LogP contribution in [0.25, 0.3) is 0 Å². The number of carbonyl (C=O) groups excluding carboxylic acids is 2. The normalized spacial score (nSPS) is 29.9. The summed E-state index contributed by atoms with van der Waals surface area (Å²) in [6.45, 7) is -0.306. The summed E-state index contributed by atoms with van der Waals surface area (Å²) in [6, 6.07) is 32.2. The molecule has 8 rings (SSSR count). The minimum atomic E-state index is -4.42. The van der Waals surface area contributed by atoms with E-state index in [-0.39, 0.29) is 37.6 Å².